The van der Waals surface area contributed by atoms with Crippen LogP contribution in [0.15, 0.2) is 5.16 Å². The van der Waals surface area contributed by atoms with Crippen LogP contribution in [0, 0.1) is 5.92 Å². The monoisotopic (exact) mass is 279 g/mol. The number of rotatable bonds is 6. The second-order valence-corrected chi connectivity index (χ2v) is 4.42. The highest BCUT2D eigenvalue weighted by atomic mass is 19.3. The third-order valence-electron chi connectivity index (χ3n) is 3.01. The number of halogens is 2. The zero-order valence-electron chi connectivity index (χ0n) is 10.6. The van der Waals surface area contributed by atoms with Gasteiger partial charge in [0.15, 0.2) is 0 Å². The van der Waals surface area contributed by atoms with Crippen LogP contribution in [-0.2, 0) is 9.53 Å². The first-order chi connectivity index (χ1) is 9.04. The molecule has 0 saturated carbocycles. The fraction of sp³-hybridized carbons (Fsp3) is 0.818. The third-order valence-corrected chi connectivity index (χ3v) is 3.01. The van der Waals surface area contributed by atoms with Gasteiger partial charge in [0, 0.05) is 19.0 Å². The molecule has 1 aliphatic heterocycles. The minimum Gasteiger partial charge on any atom is -0.409 e. The van der Waals surface area contributed by atoms with E-state index in [1.54, 1.807) is 4.90 Å². The molecule has 1 unspecified atom stereocenters. The van der Waals surface area contributed by atoms with Crippen LogP contribution >= 0.6 is 0 Å². The van der Waals surface area contributed by atoms with Crippen molar-refractivity contribution in [3.8, 4) is 0 Å². The summed E-state index contributed by atoms with van der Waals surface area (Å²) in [6, 6.07) is 0. The summed E-state index contributed by atoms with van der Waals surface area (Å²) < 4.78 is 28.3. The molecule has 0 spiro atoms. The van der Waals surface area contributed by atoms with Crippen molar-refractivity contribution in [1.82, 2.24) is 4.90 Å². The van der Waals surface area contributed by atoms with E-state index >= 15 is 0 Å². The molecule has 3 N–H and O–H groups in total. The van der Waals surface area contributed by atoms with Gasteiger partial charge in [-0.3, -0.25) is 4.79 Å². The molecule has 1 atom stereocenters. The standard InChI is InChI=1S/C11H19F2N3O3/c12-9(13)7-19-5-3-10(17)16-4-1-2-8(6-16)11(14)15-18/h8-9,18H,1-7H2,(H2,14,15). The maximum absolute atomic E-state index is 11.8. The normalized spacial score (nSPS) is 20.9. The molecule has 8 heteroatoms. The molecule has 1 heterocycles. The number of oxime groups is 1. The molecule has 0 radical (unpaired) electrons. The fourth-order valence-electron chi connectivity index (χ4n) is 2.02. The lowest BCUT2D eigenvalue weighted by atomic mass is 9.97. The SMILES string of the molecule is NC(=NO)C1CCCN(C(=O)CCOCC(F)F)C1. The molecule has 0 aromatic carbocycles. The van der Waals surface area contributed by atoms with Crippen molar-refractivity contribution in [2.75, 3.05) is 26.3 Å². The van der Waals surface area contributed by atoms with E-state index in [-0.39, 0.29) is 30.7 Å². The minimum atomic E-state index is -2.52. The Labute approximate surface area is 110 Å². The smallest absolute Gasteiger partial charge is 0.261 e. The van der Waals surface area contributed by atoms with E-state index in [0.29, 0.717) is 13.1 Å². The Bertz CT molecular complexity index is 326. The summed E-state index contributed by atoms with van der Waals surface area (Å²) in [5, 5.41) is 11.6. The predicted octanol–water partition coefficient (Wildman–Crippen LogP) is 0.643. The topological polar surface area (TPSA) is 88.2 Å². The molecule has 110 valence electrons. The number of hydrogen-bond donors (Lipinski definition) is 2. The van der Waals surface area contributed by atoms with E-state index in [0.717, 1.165) is 12.8 Å². The van der Waals surface area contributed by atoms with E-state index in [1.807, 2.05) is 0 Å². The van der Waals surface area contributed by atoms with E-state index in [2.05, 4.69) is 9.89 Å². The largest absolute Gasteiger partial charge is 0.409 e. The Morgan fingerprint density at radius 2 is 2.32 bits per heavy atom. The van der Waals surface area contributed by atoms with Gasteiger partial charge in [0.2, 0.25) is 5.91 Å². The lowest BCUT2D eigenvalue weighted by Crippen LogP contribution is -2.44. The fourth-order valence-corrected chi connectivity index (χ4v) is 2.02. The molecule has 0 bridgehead atoms. The number of carbonyl (C=O) groups is 1. The van der Waals surface area contributed by atoms with Crippen LogP contribution in [0.1, 0.15) is 19.3 Å². The van der Waals surface area contributed by atoms with Gasteiger partial charge in [-0.25, -0.2) is 8.78 Å². The Morgan fingerprint density at radius 1 is 1.58 bits per heavy atom. The zero-order valence-corrected chi connectivity index (χ0v) is 10.6. The molecule has 0 aromatic heterocycles. The molecule has 1 fully saturated rings. The first-order valence-corrected chi connectivity index (χ1v) is 6.15. The number of nitrogens with zero attached hydrogens (tertiary/aromatic N) is 2. The Morgan fingerprint density at radius 3 is 2.95 bits per heavy atom. The molecule has 1 saturated heterocycles. The van der Waals surface area contributed by atoms with Crippen molar-refractivity contribution in [1.29, 1.82) is 0 Å². The van der Waals surface area contributed by atoms with Gasteiger partial charge in [0.1, 0.15) is 12.4 Å². The maximum atomic E-state index is 11.8. The van der Waals surface area contributed by atoms with Crippen molar-refractivity contribution >= 4 is 11.7 Å². The molecule has 19 heavy (non-hydrogen) atoms. The van der Waals surface area contributed by atoms with Crippen LogP contribution in [0.2, 0.25) is 0 Å². The number of piperidine rings is 1. The molecule has 6 nitrogen and oxygen atoms in total. The summed E-state index contributed by atoms with van der Waals surface area (Å²) in [5.41, 5.74) is 5.52. The van der Waals surface area contributed by atoms with Crippen LogP contribution < -0.4 is 5.73 Å². The summed E-state index contributed by atoms with van der Waals surface area (Å²) in [4.78, 5) is 13.4. The van der Waals surface area contributed by atoms with Crippen molar-refractivity contribution in [3.05, 3.63) is 0 Å². The number of likely N-dealkylation sites (tertiary alicyclic amines) is 1. The van der Waals surface area contributed by atoms with E-state index in [9.17, 15) is 13.6 Å². The number of amidine groups is 1. The van der Waals surface area contributed by atoms with Gasteiger partial charge in [0.25, 0.3) is 6.43 Å². The Balaban J connectivity index is 2.32. The number of amides is 1. The maximum Gasteiger partial charge on any atom is 0.261 e. The van der Waals surface area contributed by atoms with Gasteiger partial charge < -0.3 is 20.6 Å². The summed E-state index contributed by atoms with van der Waals surface area (Å²) in [5.74, 6) is -0.194. The quantitative estimate of drug-likeness (QED) is 0.245. The predicted molar refractivity (Wildman–Crippen MR) is 64.2 cm³/mol. The molecular weight excluding hydrogens is 260 g/mol. The van der Waals surface area contributed by atoms with Gasteiger partial charge in [-0.1, -0.05) is 5.16 Å². The molecule has 1 rings (SSSR count). The van der Waals surface area contributed by atoms with Gasteiger partial charge in [-0.15, -0.1) is 0 Å². The first kappa shape index (κ1) is 15.6. The van der Waals surface area contributed by atoms with Crippen molar-refractivity contribution in [3.63, 3.8) is 0 Å². The molecule has 1 aliphatic rings. The van der Waals surface area contributed by atoms with Gasteiger partial charge in [-0.2, -0.15) is 0 Å². The third kappa shape index (κ3) is 5.37. The second kappa shape index (κ2) is 7.88. The van der Waals surface area contributed by atoms with Gasteiger partial charge in [0.05, 0.1) is 13.0 Å². The molecule has 1 amide bonds. The molecule has 0 aliphatic carbocycles. The highest BCUT2D eigenvalue weighted by Crippen LogP contribution is 2.17. The lowest BCUT2D eigenvalue weighted by molar-refractivity contribution is -0.134. The second-order valence-electron chi connectivity index (χ2n) is 4.42. The number of alkyl halides is 2. The summed E-state index contributed by atoms with van der Waals surface area (Å²) in [6.07, 6.45) is -0.920. The van der Waals surface area contributed by atoms with Crippen LogP contribution in [0.25, 0.3) is 0 Å². The number of hydrogen-bond acceptors (Lipinski definition) is 4. The summed E-state index contributed by atoms with van der Waals surface area (Å²) in [7, 11) is 0. The van der Waals surface area contributed by atoms with Crippen LogP contribution in [-0.4, -0.2) is 54.6 Å². The van der Waals surface area contributed by atoms with Crippen LogP contribution in [0.3, 0.4) is 0 Å². The van der Waals surface area contributed by atoms with E-state index in [4.69, 9.17) is 10.9 Å². The van der Waals surface area contributed by atoms with Crippen molar-refractivity contribution < 1.29 is 23.5 Å². The minimum absolute atomic E-state index is 0.0199. The number of carbonyl (C=O) groups excluding carboxylic acids is 1. The number of ether oxygens (including phenoxy) is 1. The van der Waals surface area contributed by atoms with Crippen LogP contribution in [0.4, 0.5) is 8.78 Å². The average Bonchev–Trinajstić information content (AvgIpc) is 2.42. The lowest BCUT2D eigenvalue weighted by Gasteiger charge is -2.32. The average molecular weight is 279 g/mol. The van der Waals surface area contributed by atoms with Gasteiger partial charge in [-0.05, 0) is 12.8 Å². The van der Waals surface area contributed by atoms with E-state index < -0.39 is 13.0 Å². The highest BCUT2D eigenvalue weighted by molar-refractivity contribution is 5.84. The van der Waals surface area contributed by atoms with Crippen molar-refractivity contribution in [2.45, 2.75) is 25.7 Å². The first-order valence-electron chi connectivity index (χ1n) is 6.15. The molecular formula is C11H19F2N3O3. The highest BCUT2D eigenvalue weighted by Gasteiger charge is 2.25. The Hall–Kier alpha value is -1.44. The van der Waals surface area contributed by atoms with Crippen molar-refractivity contribution in [2.24, 2.45) is 16.8 Å². The summed E-state index contributed by atoms with van der Waals surface area (Å²) in [6.45, 7) is 0.320. The number of nitrogens with two attached hydrogens (primary N) is 1. The zero-order chi connectivity index (χ0) is 14.3. The van der Waals surface area contributed by atoms with E-state index in [1.165, 1.54) is 0 Å². The van der Waals surface area contributed by atoms with Crippen LogP contribution in [0.5, 0.6) is 0 Å². The van der Waals surface area contributed by atoms with Gasteiger partial charge >= 0.3 is 0 Å². The summed E-state index contributed by atoms with van der Waals surface area (Å²) >= 11 is 0. The molecule has 0 aromatic rings. The Kier molecular flexibility index (Phi) is 6.48.